The third-order valence-electron chi connectivity index (χ3n) is 9.90. The number of phenolic OH excluding ortho intramolecular Hbond substituents is 1. The molecule has 2 fully saturated rings. The van der Waals surface area contributed by atoms with Gasteiger partial charge in [-0.2, -0.15) is 0 Å². The van der Waals surface area contributed by atoms with Gasteiger partial charge < -0.3 is 36.0 Å². The van der Waals surface area contributed by atoms with Crippen LogP contribution in [0.3, 0.4) is 0 Å². The number of hydrogen-bond acceptors (Lipinski definition) is 11. The topological polar surface area (TPSA) is 175 Å². The zero-order valence-corrected chi connectivity index (χ0v) is 26.3. The van der Waals surface area contributed by atoms with E-state index in [1.165, 1.54) is 11.3 Å². The van der Waals surface area contributed by atoms with E-state index in [-0.39, 0.29) is 34.4 Å². The van der Waals surface area contributed by atoms with Crippen LogP contribution < -0.4 is 15.8 Å². The number of allylic oxidation sites excluding steroid dienone is 1. The van der Waals surface area contributed by atoms with E-state index in [0.29, 0.717) is 10.7 Å². The maximum Gasteiger partial charge on any atom is 0.230 e. The SMILES string of the molecule is COc1ccc(-c2csc(Nc3ccc4c(c3O)C(O)=C3C(=O)C5C(=O)C(C(N)=O)C(O)[C@@H](N(C)C)C5[C@@H](C)C3[C@H]4C)n2)cc1. The molecule has 0 bridgehead atoms. The summed E-state index contributed by atoms with van der Waals surface area (Å²) in [6, 6.07) is 10.3. The molecule has 0 spiro atoms. The Morgan fingerprint density at radius 3 is 2.40 bits per heavy atom. The van der Waals surface area contributed by atoms with E-state index < -0.39 is 59.1 Å². The zero-order chi connectivity index (χ0) is 32.5. The number of amides is 1. The second-order valence-corrected chi connectivity index (χ2v) is 13.3. The molecule has 2 aromatic carbocycles. The maximum atomic E-state index is 14.2. The lowest BCUT2D eigenvalue weighted by atomic mass is 9.51. The molecule has 3 aliphatic carbocycles. The number of anilines is 2. The standard InChI is InChI=1S/C33H36N4O7S/c1-13-17-10-11-18(35-33-36-19(12-45-33)15-6-8-16(44-5)9-7-15)27(38)22(17)28(39)23-20(13)14(2)21-24(29(23)40)30(41)25(32(34)43)31(42)26(21)37(3)4/h6-14,20-21,24-26,31,38-39,42H,1-5H3,(H2,34,43)(H,35,36)/t13-,14-,20?,21?,24?,25?,26-,31?/m0/s1. The number of nitrogens with two attached hydrogens (primary N) is 1. The third-order valence-corrected chi connectivity index (χ3v) is 10.7. The number of nitrogens with zero attached hydrogens (tertiary/aromatic N) is 2. The first-order chi connectivity index (χ1) is 21.4. The van der Waals surface area contributed by atoms with E-state index in [1.807, 2.05) is 49.6 Å². The molecule has 8 atom stereocenters. The molecule has 12 heteroatoms. The van der Waals surface area contributed by atoms with Crippen molar-refractivity contribution in [3.63, 3.8) is 0 Å². The number of aromatic nitrogens is 1. The molecule has 0 aliphatic heterocycles. The number of fused-ring (bicyclic) bond motifs is 3. The number of benzene rings is 2. The van der Waals surface area contributed by atoms with E-state index in [9.17, 15) is 29.7 Å². The number of rotatable bonds is 6. The Hall–Kier alpha value is -4.26. The number of aliphatic hydroxyl groups excluding tert-OH is 2. The van der Waals surface area contributed by atoms with Crippen LogP contribution in [0, 0.1) is 29.6 Å². The number of likely N-dealkylation sites (N-methyl/N-ethyl adjacent to an activating group) is 1. The number of carbonyl (C=O) groups is 3. The van der Waals surface area contributed by atoms with E-state index in [2.05, 4.69) is 10.3 Å². The lowest BCUT2D eigenvalue weighted by Crippen LogP contribution is -2.66. The van der Waals surface area contributed by atoms with Gasteiger partial charge in [0.05, 0.1) is 36.1 Å². The molecule has 3 aliphatic rings. The molecule has 6 N–H and O–H groups in total. The van der Waals surface area contributed by atoms with Crippen LogP contribution in [-0.2, 0) is 14.4 Å². The normalized spacial score (nSPS) is 29.2. The van der Waals surface area contributed by atoms with Crippen LogP contribution in [-0.4, -0.2) is 76.0 Å². The van der Waals surface area contributed by atoms with E-state index in [4.69, 9.17) is 10.5 Å². The van der Waals surface area contributed by atoms with Crippen LogP contribution in [0.5, 0.6) is 11.5 Å². The number of aliphatic hydroxyl groups is 2. The number of nitrogens with one attached hydrogen (secondary N) is 1. The molecule has 11 nitrogen and oxygen atoms in total. The average molecular weight is 633 g/mol. The molecule has 1 amide bonds. The first-order valence-electron chi connectivity index (χ1n) is 14.7. The van der Waals surface area contributed by atoms with Crippen LogP contribution in [0.1, 0.15) is 30.9 Å². The summed E-state index contributed by atoms with van der Waals surface area (Å²) in [5.74, 6) is -6.84. The molecular weight excluding hydrogens is 596 g/mol. The molecule has 5 unspecified atom stereocenters. The highest BCUT2D eigenvalue weighted by atomic mass is 32.1. The lowest BCUT2D eigenvalue weighted by Gasteiger charge is -2.54. The molecular formula is C33H36N4O7S. The number of ketones is 2. The van der Waals surface area contributed by atoms with Crippen molar-refractivity contribution in [2.24, 2.45) is 35.3 Å². The first kappa shape index (κ1) is 30.8. The summed E-state index contributed by atoms with van der Waals surface area (Å²) >= 11 is 1.34. The van der Waals surface area contributed by atoms with Crippen molar-refractivity contribution in [3.05, 3.63) is 58.5 Å². The van der Waals surface area contributed by atoms with Gasteiger partial charge in [0.25, 0.3) is 0 Å². The number of Topliss-reactive ketones (excluding diaryl/α,β-unsaturated/α-hetero) is 2. The van der Waals surface area contributed by atoms with E-state index >= 15 is 0 Å². The van der Waals surface area contributed by atoms with Gasteiger partial charge in [-0.25, -0.2) is 4.98 Å². The Bertz CT molecular complexity index is 1730. The van der Waals surface area contributed by atoms with Crippen molar-refractivity contribution in [3.8, 4) is 22.8 Å². The summed E-state index contributed by atoms with van der Waals surface area (Å²) in [6.45, 7) is 3.83. The zero-order valence-electron chi connectivity index (χ0n) is 25.5. The fraction of sp³-hybridized carbons (Fsp3) is 0.394. The Balaban J connectivity index is 1.39. The highest BCUT2D eigenvalue weighted by Gasteiger charge is 2.62. The van der Waals surface area contributed by atoms with Gasteiger partial charge in [-0.05, 0) is 67.7 Å². The Labute approximate surface area is 264 Å². The van der Waals surface area contributed by atoms with Crippen LogP contribution >= 0.6 is 11.3 Å². The van der Waals surface area contributed by atoms with Crippen molar-refractivity contribution in [1.82, 2.24) is 9.88 Å². The summed E-state index contributed by atoms with van der Waals surface area (Å²) in [4.78, 5) is 46.5. The number of aromatic hydroxyl groups is 1. The number of carbonyl (C=O) groups excluding carboxylic acids is 3. The van der Waals surface area contributed by atoms with Gasteiger partial charge in [-0.1, -0.05) is 19.9 Å². The second-order valence-electron chi connectivity index (χ2n) is 12.4. The minimum Gasteiger partial charge on any atom is -0.507 e. The fourth-order valence-corrected chi connectivity index (χ4v) is 8.60. The predicted molar refractivity (Wildman–Crippen MR) is 169 cm³/mol. The summed E-state index contributed by atoms with van der Waals surface area (Å²) in [5, 5.41) is 39.8. The van der Waals surface area contributed by atoms with Gasteiger partial charge in [0.15, 0.2) is 16.7 Å². The van der Waals surface area contributed by atoms with Crippen LogP contribution in [0.15, 0.2) is 47.4 Å². The molecule has 0 saturated heterocycles. The predicted octanol–water partition coefficient (Wildman–Crippen LogP) is 3.70. The third kappa shape index (κ3) is 4.70. The minimum absolute atomic E-state index is 0.0534. The summed E-state index contributed by atoms with van der Waals surface area (Å²) < 4.78 is 5.22. The smallest absolute Gasteiger partial charge is 0.230 e. The highest BCUT2D eigenvalue weighted by Crippen LogP contribution is 2.57. The van der Waals surface area contributed by atoms with E-state index in [0.717, 1.165) is 17.0 Å². The lowest BCUT2D eigenvalue weighted by molar-refractivity contribution is -0.160. The van der Waals surface area contributed by atoms with Gasteiger partial charge >= 0.3 is 0 Å². The fourth-order valence-electron chi connectivity index (χ4n) is 7.87. The van der Waals surface area contributed by atoms with Crippen molar-refractivity contribution in [2.45, 2.75) is 31.9 Å². The molecule has 45 heavy (non-hydrogen) atoms. The maximum absolute atomic E-state index is 14.2. The minimum atomic E-state index is -1.55. The average Bonchev–Trinajstić information content (AvgIpc) is 3.46. The summed E-state index contributed by atoms with van der Waals surface area (Å²) in [6.07, 6.45) is -1.37. The first-order valence-corrected chi connectivity index (χ1v) is 15.6. The number of phenols is 1. The van der Waals surface area contributed by atoms with Gasteiger partial charge in [0, 0.05) is 28.5 Å². The van der Waals surface area contributed by atoms with Gasteiger partial charge in [0.2, 0.25) is 5.91 Å². The van der Waals surface area contributed by atoms with Crippen LogP contribution in [0.4, 0.5) is 10.8 Å². The molecule has 6 rings (SSSR count). The molecule has 236 valence electrons. The monoisotopic (exact) mass is 632 g/mol. The van der Waals surface area contributed by atoms with E-state index in [1.54, 1.807) is 32.2 Å². The largest absolute Gasteiger partial charge is 0.507 e. The van der Waals surface area contributed by atoms with Crippen LogP contribution in [0.2, 0.25) is 0 Å². The second kappa shape index (κ2) is 11.3. The van der Waals surface area contributed by atoms with Crippen molar-refractivity contribution < 1.29 is 34.4 Å². The van der Waals surface area contributed by atoms with Crippen molar-refractivity contribution in [2.75, 3.05) is 26.5 Å². The number of methoxy groups -OCH3 is 1. The summed E-state index contributed by atoms with van der Waals surface area (Å²) in [7, 11) is 5.06. The quantitative estimate of drug-likeness (QED) is 0.199. The number of thiazole rings is 1. The Morgan fingerprint density at radius 2 is 1.78 bits per heavy atom. The molecule has 3 aromatic rings. The van der Waals surface area contributed by atoms with Crippen molar-refractivity contribution in [1.29, 1.82) is 0 Å². The number of primary amides is 1. The molecule has 0 radical (unpaired) electrons. The molecule has 1 heterocycles. The molecule has 1 aromatic heterocycles. The number of hydrogen-bond donors (Lipinski definition) is 5. The Morgan fingerprint density at radius 1 is 1.09 bits per heavy atom. The number of ether oxygens (including phenoxy) is 1. The van der Waals surface area contributed by atoms with Gasteiger partial charge in [-0.3, -0.25) is 14.4 Å². The highest BCUT2D eigenvalue weighted by molar-refractivity contribution is 7.14. The van der Waals surface area contributed by atoms with Crippen LogP contribution in [0.25, 0.3) is 17.0 Å². The van der Waals surface area contributed by atoms with Gasteiger partial charge in [-0.15, -0.1) is 11.3 Å². The van der Waals surface area contributed by atoms with Gasteiger partial charge in [0.1, 0.15) is 23.2 Å². The van der Waals surface area contributed by atoms with Crippen molar-refractivity contribution >= 4 is 45.4 Å². The molecule has 2 saturated carbocycles. The summed E-state index contributed by atoms with van der Waals surface area (Å²) in [5.41, 5.74) is 8.27. The Kier molecular flexibility index (Phi) is 7.70.